The van der Waals surface area contributed by atoms with Gasteiger partial charge in [-0.1, -0.05) is 25.4 Å². The quantitative estimate of drug-likeness (QED) is 0.591. The molecule has 0 N–H and O–H groups in total. The molecule has 1 aromatic heterocycles. The second-order valence-electron chi connectivity index (χ2n) is 3.53. The number of hydrogen-bond donors (Lipinski definition) is 0. The molecule has 0 bridgehead atoms. The van der Waals surface area contributed by atoms with E-state index in [1.165, 1.54) is 0 Å². The van der Waals surface area contributed by atoms with Gasteiger partial charge in [-0.25, -0.2) is 9.97 Å². The SMILES string of the molecule is Cc1nc(C(C)C)nc(Cl)c1CCCl. The molecule has 14 heavy (non-hydrogen) atoms. The summed E-state index contributed by atoms with van der Waals surface area (Å²) < 4.78 is 0. The van der Waals surface area contributed by atoms with E-state index in [0.29, 0.717) is 17.0 Å². The summed E-state index contributed by atoms with van der Waals surface area (Å²) in [6.07, 6.45) is 0.727. The zero-order chi connectivity index (χ0) is 10.7. The van der Waals surface area contributed by atoms with Crippen molar-refractivity contribution in [1.82, 2.24) is 9.97 Å². The normalized spacial score (nSPS) is 11.0. The van der Waals surface area contributed by atoms with Crippen LogP contribution in [0.3, 0.4) is 0 Å². The van der Waals surface area contributed by atoms with E-state index in [1.54, 1.807) is 0 Å². The highest BCUT2D eigenvalue weighted by Crippen LogP contribution is 2.20. The maximum Gasteiger partial charge on any atom is 0.136 e. The fourth-order valence-electron chi connectivity index (χ4n) is 1.22. The fraction of sp³-hybridized carbons (Fsp3) is 0.600. The van der Waals surface area contributed by atoms with Gasteiger partial charge in [-0.05, 0) is 13.3 Å². The smallest absolute Gasteiger partial charge is 0.136 e. The van der Waals surface area contributed by atoms with E-state index >= 15 is 0 Å². The highest BCUT2D eigenvalue weighted by Gasteiger charge is 2.11. The van der Waals surface area contributed by atoms with Crippen molar-refractivity contribution in [2.45, 2.75) is 33.1 Å². The van der Waals surface area contributed by atoms with Crippen LogP contribution in [-0.4, -0.2) is 15.8 Å². The third-order valence-corrected chi connectivity index (χ3v) is 2.54. The van der Waals surface area contributed by atoms with Crippen LogP contribution >= 0.6 is 23.2 Å². The standard InChI is InChI=1S/C10H14Cl2N2/c1-6(2)10-13-7(3)8(4-5-11)9(12)14-10/h6H,4-5H2,1-3H3. The molecular weight excluding hydrogens is 219 g/mol. The van der Waals surface area contributed by atoms with E-state index in [4.69, 9.17) is 23.2 Å². The van der Waals surface area contributed by atoms with E-state index < -0.39 is 0 Å². The zero-order valence-electron chi connectivity index (χ0n) is 8.64. The lowest BCUT2D eigenvalue weighted by Crippen LogP contribution is -2.05. The molecule has 0 aromatic carbocycles. The Hall–Kier alpha value is -0.340. The third-order valence-electron chi connectivity index (χ3n) is 2.04. The van der Waals surface area contributed by atoms with Crippen LogP contribution in [-0.2, 0) is 6.42 Å². The van der Waals surface area contributed by atoms with Gasteiger partial charge in [-0.2, -0.15) is 0 Å². The van der Waals surface area contributed by atoms with Crippen LogP contribution in [0.2, 0.25) is 5.15 Å². The lowest BCUT2D eigenvalue weighted by atomic mass is 10.1. The Morgan fingerprint density at radius 1 is 1.29 bits per heavy atom. The molecule has 2 nitrogen and oxygen atoms in total. The van der Waals surface area contributed by atoms with Crippen LogP contribution in [0.15, 0.2) is 0 Å². The number of aromatic nitrogens is 2. The molecule has 0 saturated heterocycles. The Morgan fingerprint density at radius 3 is 2.36 bits per heavy atom. The Bertz CT molecular complexity index is 301. The first-order valence-corrected chi connectivity index (χ1v) is 5.56. The predicted octanol–water partition coefficient (Wildman–Crippen LogP) is 3.34. The average molecular weight is 233 g/mol. The van der Waals surface area contributed by atoms with Gasteiger partial charge in [0.05, 0.1) is 0 Å². The predicted molar refractivity (Wildman–Crippen MR) is 60.3 cm³/mol. The Kier molecular flexibility index (Phi) is 4.14. The van der Waals surface area contributed by atoms with Crippen molar-refractivity contribution >= 4 is 23.2 Å². The summed E-state index contributed by atoms with van der Waals surface area (Å²) in [5.41, 5.74) is 1.90. The molecule has 0 spiro atoms. The summed E-state index contributed by atoms with van der Waals surface area (Å²) in [4.78, 5) is 8.65. The van der Waals surface area contributed by atoms with Gasteiger partial charge in [-0.15, -0.1) is 11.6 Å². The number of halogens is 2. The van der Waals surface area contributed by atoms with Crippen LogP contribution in [0.4, 0.5) is 0 Å². The zero-order valence-corrected chi connectivity index (χ0v) is 10.2. The number of rotatable bonds is 3. The highest BCUT2D eigenvalue weighted by atomic mass is 35.5. The van der Waals surface area contributed by atoms with E-state index in [2.05, 4.69) is 9.97 Å². The number of nitrogens with zero attached hydrogens (tertiary/aromatic N) is 2. The first-order valence-electron chi connectivity index (χ1n) is 4.65. The van der Waals surface area contributed by atoms with E-state index in [1.807, 2.05) is 20.8 Å². The van der Waals surface area contributed by atoms with E-state index in [0.717, 1.165) is 23.5 Å². The van der Waals surface area contributed by atoms with Gasteiger partial charge >= 0.3 is 0 Å². The summed E-state index contributed by atoms with van der Waals surface area (Å²) >= 11 is 11.7. The molecule has 0 amide bonds. The molecule has 1 heterocycles. The maximum atomic E-state index is 6.05. The fourth-order valence-corrected chi connectivity index (χ4v) is 1.73. The Balaban J connectivity index is 3.11. The topological polar surface area (TPSA) is 25.8 Å². The molecule has 0 aliphatic heterocycles. The average Bonchev–Trinajstić information content (AvgIpc) is 2.10. The summed E-state index contributed by atoms with van der Waals surface area (Å²) in [5.74, 6) is 1.65. The lowest BCUT2D eigenvalue weighted by molar-refractivity contribution is 0.759. The molecule has 1 rings (SSSR count). The van der Waals surface area contributed by atoms with Crippen LogP contribution in [0.25, 0.3) is 0 Å². The van der Waals surface area contributed by atoms with Crippen LogP contribution in [0.1, 0.15) is 36.8 Å². The number of alkyl halides is 1. The minimum absolute atomic E-state index is 0.302. The van der Waals surface area contributed by atoms with Crippen molar-refractivity contribution < 1.29 is 0 Å². The largest absolute Gasteiger partial charge is 0.238 e. The lowest BCUT2D eigenvalue weighted by Gasteiger charge is -2.09. The van der Waals surface area contributed by atoms with Crippen molar-refractivity contribution in [1.29, 1.82) is 0 Å². The van der Waals surface area contributed by atoms with Crippen molar-refractivity contribution in [3.05, 3.63) is 22.2 Å². The molecular formula is C10H14Cl2N2. The summed E-state index contributed by atoms with van der Waals surface area (Å²) in [7, 11) is 0. The number of hydrogen-bond acceptors (Lipinski definition) is 2. The number of aryl methyl sites for hydroxylation is 1. The molecule has 0 atom stereocenters. The van der Waals surface area contributed by atoms with E-state index in [-0.39, 0.29) is 0 Å². The first-order chi connectivity index (χ1) is 6.56. The van der Waals surface area contributed by atoms with Crippen LogP contribution < -0.4 is 0 Å². The van der Waals surface area contributed by atoms with Crippen molar-refractivity contribution in [3.63, 3.8) is 0 Å². The second kappa shape index (κ2) is 4.94. The molecule has 0 radical (unpaired) electrons. The van der Waals surface area contributed by atoms with Gasteiger partial charge in [0.15, 0.2) is 0 Å². The first kappa shape index (κ1) is 11.7. The van der Waals surface area contributed by atoms with E-state index in [9.17, 15) is 0 Å². The molecule has 0 aliphatic carbocycles. The van der Waals surface area contributed by atoms with Crippen LogP contribution in [0, 0.1) is 6.92 Å². The summed E-state index contributed by atoms with van der Waals surface area (Å²) in [6, 6.07) is 0. The minimum Gasteiger partial charge on any atom is -0.238 e. The molecule has 1 aromatic rings. The molecule has 78 valence electrons. The third kappa shape index (κ3) is 2.58. The Morgan fingerprint density at radius 2 is 1.93 bits per heavy atom. The van der Waals surface area contributed by atoms with Crippen molar-refractivity contribution in [2.24, 2.45) is 0 Å². The molecule has 0 aliphatic rings. The molecule has 0 unspecified atom stereocenters. The van der Waals surface area contributed by atoms with Gasteiger partial charge < -0.3 is 0 Å². The minimum atomic E-state index is 0.302. The monoisotopic (exact) mass is 232 g/mol. The molecule has 0 fully saturated rings. The summed E-state index contributed by atoms with van der Waals surface area (Å²) in [6.45, 7) is 6.04. The van der Waals surface area contributed by atoms with Crippen molar-refractivity contribution in [3.8, 4) is 0 Å². The highest BCUT2D eigenvalue weighted by molar-refractivity contribution is 6.30. The summed E-state index contributed by atoms with van der Waals surface area (Å²) in [5, 5.41) is 0.543. The van der Waals surface area contributed by atoms with Gasteiger partial charge in [-0.3, -0.25) is 0 Å². The molecule has 4 heteroatoms. The van der Waals surface area contributed by atoms with Gasteiger partial charge in [0.1, 0.15) is 11.0 Å². The Labute approximate surface area is 94.7 Å². The molecule has 0 saturated carbocycles. The van der Waals surface area contributed by atoms with Gasteiger partial charge in [0.2, 0.25) is 0 Å². The van der Waals surface area contributed by atoms with Crippen LogP contribution in [0.5, 0.6) is 0 Å². The maximum absolute atomic E-state index is 6.05. The van der Waals surface area contributed by atoms with Gasteiger partial charge in [0.25, 0.3) is 0 Å². The van der Waals surface area contributed by atoms with Crippen molar-refractivity contribution in [2.75, 3.05) is 5.88 Å². The second-order valence-corrected chi connectivity index (χ2v) is 4.27. The van der Waals surface area contributed by atoms with Gasteiger partial charge in [0, 0.05) is 23.1 Å².